The highest BCUT2D eigenvalue weighted by Crippen LogP contribution is 2.14. The first kappa shape index (κ1) is 24.3. The van der Waals surface area contributed by atoms with Gasteiger partial charge in [0.25, 0.3) is 5.91 Å². The van der Waals surface area contributed by atoms with Gasteiger partial charge in [0.15, 0.2) is 0 Å². The van der Waals surface area contributed by atoms with E-state index in [1.54, 1.807) is 0 Å². The topological polar surface area (TPSA) is 47.8 Å². The second-order valence-electron chi connectivity index (χ2n) is 8.44. The molecular weight excluding hydrogens is 370 g/mol. The minimum absolute atomic E-state index is 0.0269. The Morgan fingerprint density at radius 3 is 2.00 bits per heavy atom. The van der Waals surface area contributed by atoms with Crippen LogP contribution in [-0.2, 0) is 0 Å². The molecule has 1 heterocycles. The predicted octanol–water partition coefficient (Wildman–Crippen LogP) is 7.89. The van der Waals surface area contributed by atoms with Gasteiger partial charge in [0.1, 0.15) is 5.52 Å². The van der Waals surface area contributed by atoms with Gasteiger partial charge in [0.2, 0.25) is 0 Å². The van der Waals surface area contributed by atoms with Gasteiger partial charge in [-0.05, 0) is 25.0 Å². The van der Waals surface area contributed by atoms with Crippen molar-refractivity contribution in [2.24, 2.45) is 0 Å². The van der Waals surface area contributed by atoms with Crippen molar-refractivity contribution in [3.05, 3.63) is 36.4 Å². The van der Waals surface area contributed by atoms with E-state index >= 15 is 0 Å². The number of rotatable bonds is 17. The molecular formula is C26H41N3O. The number of hydrogen-bond acceptors (Lipinski definition) is 3. The van der Waals surface area contributed by atoms with Crippen LogP contribution in [0.2, 0.25) is 0 Å². The number of carbonyl (C=O) groups excluding carboxylic acids is 1. The maximum absolute atomic E-state index is 12.3. The molecule has 0 bridgehead atoms. The van der Waals surface area contributed by atoms with Crippen LogP contribution in [0.15, 0.2) is 36.4 Å². The number of hydrogen-bond donors (Lipinski definition) is 0. The first-order valence-corrected chi connectivity index (χ1v) is 12.3. The molecule has 0 aliphatic carbocycles. The second-order valence-corrected chi connectivity index (χ2v) is 8.44. The van der Waals surface area contributed by atoms with Crippen LogP contribution in [0.1, 0.15) is 114 Å². The Kier molecular flexibility index (Phi) is 12.8. The lowest BCUT2D eigenvalue weighted by Gasteiger charge is -2.02. The Labute approximate surface area is 183 Å². The molecule has 0 aliphatic heterocycles. The Balaban J connectivity index is 1.39. The van der Waals surface area contributed by atoms with Gasteiger partial charge < -0.3 is 0 Å². The molecule has 1 aromatic heterocycles. The van der Waals surface area contributed by atoms with Crippen LogP contribution in [0.4, 0.5) is 0 Å². The monoisotopic (exact) mass is 411 g/mol. The lowest BCUT2D eigenvalue weighted by atomic mass is 10.0. The number of aromatic nitrogens is 3. The summed E-state index contributed by atoms with van der Waals surface area (Å²) in [5.41, 5.74) is 1.54. The number of nitrogens with zero attached hydrogens (tertiary/aromatic N) is 3. The Morgan fingerprint density at radius 1 is 0.800 bits per heavy atom. The molecule has 1 aromatic carbocycles. The first-order valence-electron chi connectivity index (χ1n) is 12.3. The van der Waals surface area contributed by atoms with E-state index in [-0.39, 0.29) is 5.91 Å². The summed E-state index contributed by atoms with van der Waals surface area (Å²) in [6.45, 7) is 2.28. The lowest BCUT2D eigenvalue weighted by molar-refractivity contribution is 0.0904. The maximum Gasteiger partial charge on any atom is 0.252 e. The number of fused-ring (bicyclic) bond motifs is 1. The van der Waals surface area contributed by atoms with Crippen LogP contribution >= 0.6 is 0 Å². The fourth-order valence-corrected chi connectivity index (χ4v) is 3.90. The summed E-state index contributed by atoms with van der Waals surface area (Å²) in [5.74, 6) is -0.0269. The van der Waals surface area contributed by atoms with Crippen molar-refractivity contribution in [2.75, 3.05) is 0 Å². The maximum atomic E-state index is 12.3. The lowest BCUT2D eigenvalue weighted by Crippen LogP contribution is -2.10. The number of allylic oxidation sites excluding steroid dienone is 2. The van der Waals surface area contributed by atoms with Crippen LogP contribution in [-0.4, -0.2) is 20.9 Å². The number of para-hydroxylation sites is 1. The standard InChI is InChI=1S/C26H41N3O/c1-2-3-4-5-6-7-8-9-10-11-12-13-14-15-16-17-18-23-26(30)29-25-22-20-19-21-24(25)27-28-29/h17-22H,2-16,23H2,1H3/b18-17+. The average molecular weight is 412 g/mol. The molecule has 0 radical (unpaired) electrons. The third-order valence-corrected chi connectivity index (χ3v) is 5.77. The Bertz CT molecular complexity index is 735. The van der Waals surface area contributed by atoms with Gasteiger partial charge in [-0.2, -0.15) is 4.68 Å². The van der Waals surface area contributed by atoms with Gasteiger partial charge in [-0.1, -0.05) is 120 Å². The average Bonchev–Trinajstić information content (AvgIpc) is 3.20. The Hall–Kier alpha value is -1.97. The van der Waals surface area contributed by atoms with Crippen LogP contribution in [0.3, 0.4) is 0 Å². The second kappa shape index (κ2) is 15.8. The van der Waals surface area contributed by atoms with Crippen molar-refractivity contribution >= 4 is 16.9 Å². The summed E-state index contributed by atoms with van der Waals surface area (Å²) in [6.07, 6.45) is 24.9. The predicted molar refractivity (Wildman–Crippen MR) is 127 cm³/mol. The highest BCUT2D eigenvalue weighted by atomic mass is 16.2. The number of unbranched alkanes of at least 4 members (excludes halogenated alkanes) is 14. The van der Waals surface area contributed by atoms with E-state index in [0.717, 1.165) is 17.5 Å². The summed E-state index contributed by atoms with van der Waals surface area (Å²) in [4.78, 5) is 12.3. The van der Waals surface area contributed by atoms with Crippen molar-refractivity contribution in [3.8, 4) is 0 Å². The minimum Gasteiger partial charge on any atom is -0.272 e. The molecule has 166 valence electrons. The van der Waals surface area contributed by atoms with Crippen LogP contribution in [0, 0.1) is 0 Å². The SMILES string of the molecule is CCCCCCCCCCCCCCCC/C=C/CC(=O)n1nnc2ccccc21. The molecule has 0 N–H and O–H groups in total. The molecule has 30 heavy (non-hydrogen) atoms. The van der Waals surface area contributed by atoms with Crippen molar-refractivity contribution in [3.63, 3.8) is 0 Å². The minimum atomic E-state index is -0.0269. The molecule has 0 unspecified atom stereocenters. The zero-order chi connectivity index (χ0) is 21.3. The molecule has 0 fully saturated rings. The van der Waals surface area contributed by atoms with Gasteiger partial charge in [-0.25, -0.2) is 0 Å². The van der Waals surface area contributed by atoms with E-state index in [2.05, 4.69) is 23.3 Å². The highest BCUT2D eigenvalue weighted by Gasteiger charge is 2.09. The van der Waals surface area contributed by atoms with Crippen LogP contribution in [0.25, 0.3) is 11.0 Å². The summed E-state index contributed by atoms with van der Waals surface area (Å²) < 4.78 is 1.41. The molecule has 4 heteroatoms. The van der Waals surface area contributed by atoms with E-state index in [1.807, 2.05) is 30.3 Å². The van der Waals surface area contributed by atoms with Gasteiger partial charge >= 0.3 is 0 Å². The molecule has 0 atom stereocenters. The molecule has 0 saturated heterocycles. The first-order chi connectivity index (χ1) is 14.8. The smallest absolute Gasteiger partial charge is 0.252 e. The molecule has 2 rings (SSSR count). The fraction of sp³-hybridized carbons (Fsp3) is 0.654. The molecule has 4 nitrogen and oxygen atoms in total. The van der Waals surface area contributed by atoms with Crippen molar-refractivity contribution in [2.45, 2.75) is 110 Å². The van der Waals surface area contributed by atoms with Gasteiger partial charge in [-0.3, -0.25) is 4.79 Å². The van der Waals surface area contributed by atoms with Gasteiger partial charge in [-0.15, -0.1) is 5.10 Å². The molecule has 0 amide bonds. The summed E-state index contributed by atoms with van der Waals surface area (Å²) in [6, 6.07) is 7.56. The zero-order valence-corrected chi connectivity index (χ0v) is 19.0. The summed E-state index contributed by atoms with van der Waals surface area (Å²) in [7, 11) is 0. The highest BCUT2D eigenvalue weighted by molar-refractivity contribution is 5.89. The molecule has 0 aliphatic rings. The quantitative estimate of drug-likeness (QED) is 0.196. The molecule has 0 saturated carbocycles. The molecule has 0 spiro atoms. The number of carbonyl (C=O) groups is 1. The zero-order valence-electron chi connectivity index (χ0n) is 19.0. The van der Waals surface area contributed by atoms with E-state index in [9.17, 15) is 4.79 Å². The third-order valence-electron chi connectivity index (χ3n) is 5.77. The van der Waals surface area contributed by atoms with Crippen molar-refractivity contribution < 1.29 is 4.79 Å². The fourth-order valence-electron chi connectivity index (χ4n) is 3.90. The largest absolute Gasteiger partial charge is 0.272 e. The van der Waals surface area contributed by atoms with Crippen molar-refractivity contribution in [1.82, 2.24) is 15.0 Å². The van der Waals surface area contributed by atoms with Crippen molar-refractivity contribution in [1.29, 1.82) is 0 Å². The van der Waals surface area contributed by atoms with E-state index in [0.29, 0.717) is 6.42 Å². The molecule has 2 aromatic rings. The van der Waals surface area contributed by atoms with E-state index in [4.69, 9.17) is 0 Å². The normalized spacial score (nSPS) is 11.6. The van der Waals surface area contributed by atoms with E-state index in [1.165, 1.54) is 94.6 Å². The van der Waals surface area contributed by atoms with Crippen LogP contribution in [0.5, 0.6) is 0 Å². The summed E-state index contributed by atoms with van der Waals surface area (Å²) in [5, 5.41) is 8.01. The number of benzene rings is 1. The van der Waals surface area contributed by atoms with E-state index < -0.39 is 0 Å². The van der Waals surface area contributed by atoms with Gasteiger partial charge in [0, 0.05) is 6.42 Å². The van der Waals surface area contributed by atoms with Crippen LogP contribution < -0.4 is 0 Å². The Morgan fingerprint density at radius 2 is 1.37 bits per heavy atom. The summed E-state index contributed by atoms with van der Waals surface area (Å²) >= 11 is 0. The van der Waals surface area contributed by atoms with Gasteiger partial charge in [0.05, 0.1) is 5.52 Å². The third kappa shape index (κ3) is 9.69.